The van der Waals surface area contributed by atoms with Crippen LogP contribution in [0.25, 0.3) is 0 Å². The zero-order valence-corrected chi connectivity index (χ0v) is 10.6. The van der Waals surface area contributed by atoms with Gasteiger partial charge in [0, 0.05) is 13.1 Å². The summed E-state index contributed by atoms with van der Waals surface area (Å²) in [7, 11) is 0. The van der Waals surface area contributed by atoms with Crippen LogP contribution in [0.3, 0.4) is 0 Å². The molecular formula is C13H16N6. The minimum absolute atomic E-state index is 0.734. The molecule has 0 unspecified atom stereocenters. The number of nitrogens with zero attached hydrogens (tertiary/aromatic N) is 4. The van der Waals surface area contributed by atoms with Gasteiger partial charge in [-0.15, -0.1) is 0 Å². The Labute approximate surface area is 111 Å². The van der Waals surface area contributed by atoms with Crippen molar-refractivity contribution in [2.45, 2.75) is 13.1 Å². The van der Waals surface area contributed by atoms with Gasteiger partial charge in [-0.25, -0.2) is 9.67 Å². The molecule has 0 amide bonds. The van der Waals surface area contributed by atoms with Gasteiger partial charge in [-0.2, -0.15) is 5.10 Å². The minimum Gasteiger partial charge on any atom is -0.355 e. The van der Waals surface area contributed by atoms with Crippen molar-refractivity contribution >= 4 is 5.96 Å². The molecule has 1 aliphatic heterocycles. The molecule has 0 radical (unpaired) electrons. The molecule has 0 saturated heterocycles. The van der Waals surface area contributed by atoms with Crippen LogP contribution in [0.15, 0.2) is 41.9 Å². The average Bonchev–Trinajstić information content (AvgIpc) is 3.10. The molecule has 19 heavy (non-hydrogen) atoms. The number of rotatable bonds is 4. The van der Waals surface area contributed by atoms with Crippen LogP contribution in [0.1, 0.15) is 11.1 Å². The molecule has 0 spiro atoms. The van der Waals surface area contributed by atoms with E-state index < -0.39 is 0 Å². The van der Waals surface area contributed by atoms with Crippen molar-refractivity contribution in [1.82, 2.24) is 25.4 Å². The van der Waals surface area contributed by atoms with Crippen molar-refractivity contribution in [2.75, 3.05) is 13.1 Å². The second kappa shape index (κ2) is 5.51. The van der Waals surface area contributed by atoms with Crippen LogP contribution in [0.5, 0.6) is 0 Å². The van der Waals surface area contributed by atoms with Gasteiger partial charge in [0.1, 0.15) is 12.7 Å². The van der Waals surface area contributed by atoms with E-state index in [1.165, 1.54) is 11.1 Å². The van der Waals surface area contributed by atoms with Crippen LogP contribution < -0.4 is 10.6 Å². The minimum atomic E-state index is 0.734. The van der Waals surface area contributed by atoms with Crippen molar-refractivity contribution in [2.24, 2.45) is 4.99 Å². The van der Waals surface area contributed by atoms with E-state index in [4.69, 9.17) is 0 Å². The molecule has 1 aromatic heterocycles. The van der Waals surface area contributed by atoms with Crippen LogP contribution >= 0.6 is 0 Å². The van der Waals surface area contributed by atoms with E-state index in [-0.39, 0.29) is 0 Å². The van der Waals surface area contributed by atoms with Gasteiger partial charge in [-0.05, 0) is 11.1 Å². The van der Waals surface area contributed by atoms with Crippen LogP contribution in [0, 0.1) is 0 Å². The Morgan fingerprint density at radius 3 is 2.89 bits per heavy atom. The second-order valence-corrected chi connectivity index (χ2v) is 4.37. The predicted octanol–water partition coefficient (Wildman–Crippen LogP) is 0.375. The van der Waals surface area contributed by atoms with Crippen LogP contribution in [-0.2, 0) is 13.1 Å². The van der Waals surface area contributed by atoms with Gasteiger partial charge in [0.05, 0.1) is 13.1 Å². The van der Waals surface area contributed by atoms with E-state index in [2.05, 4.69) is 37.8 Å². The van der Waals surface area contributed by atoms with Crippen molar-refractivity contribution in [3.63, 3.8) is 0 Å². The highest BCUT2D eigenvalue weighted by molar-refractivity contribution is 5.81. The number of nitrogens with one attached hydrogen (secondary N) is 2. The fourth-order valence-corrected chi connectivity index (χ4v) is 2.07. The maximum atomic E-state index is 4.32. The Kier molecular flexibility index (Phi) is 3.40. The fourth-order valence-electron chi connectivity index (χ4n) is 2.07. The van der Waals surface area contributed by atoms with Crippen molar-refractivity contribution in [3.05, 3.63) is 48.0 Å². The van der Waals surface area contributed by atoms with Gasteiger partial charge in [0.25, 0.3) is 0 Å². The summed E-state index contributed by atoms with van der Waals surface area (Å²) in [6, 6.07) is 8.32. The van der Waals surface area contributed by atoms with E-state index in [0.717, 1.165) is 32.1 Å². The zero-order chi connectivity index (χ0) is 12.9. The zero-order valence-electron chi connectivity index (χ0n) is 10.6. The third kappa shape index (κ3) is 2.90. The van der Waals surface area contributed by atoms with Gasteiger partial charge in [0.15, 0.2) is 5.96 Å². The quantitative estimate of drug-likeness (QED) is 0.829. The molecule has 0 bridgehead atoms. The van der Waals surface area contributed by atoms with Gasteiger partial charge in [0.2, 0.25) is 0 Å². The van der Waals surface area contributed by atoms with Crippen LogP contribution in [0.2, 0.25) is 0 Å². The first kappa shape index (κ1) is 11.7. The third-order valence-electron chi connectivity index (χ3n) is 3.04. The summed E-state index contributed by atoms with van der Waals surface area (Å²) in [5, 5.41) is 10.7. The van der Waals surface area contributed by atoms with Gasteiger partial charge < -0.3 is 10.6 Å². The number of guanidine groups is 1. The van der Waals surface area contributed by atoms with E-state index in [1.54, 1.807) is 12.7 Å². The van der Waals surface area contributed by atoms with Gasteiger partial charge in [-0.3, -0.25) is 4.99 Å². The Hall–Kier alpha value is -2.37. The van der Waals surface area contributed by atoms with Gasteiger partial charge in [-0.1, -0.05) is 24.3 Å². The summed E-state index contributed by atoms with van der Waals surface area (Å²) in [4.78, 5) is 8.29. The summed E-state index contributed by atoms with van der Waals surface area (Å²) >= 11 is 0. The van der Waals surface area contributed by atoms with Crippen molar-refractivity contribution in [3.8, 4) is 0 Å². The largest absolute Gasteiger partial charge is 0.355 e. The molecule has 2 N–H and O–H groups in total. The molecule has 2 heterocycles. The lowest BCUT2D eigenvalue weighted by Gasteiger charge is -2.11. The molecule has 0 atom stereocenters. The third-order valence-corrected chi connectivity index (χ3v) is 3.04. The number of aromatic nitrogens is 3. The van der Waals surface area contributed by atoms with Crippen LogP contribution in [-0.4, -0.2) is 33.8 Å². The number of aliphatic imine (C=N–C) groups is 1. The Morgan fingerprint density at radius 1 is 1.26 bits per heavy atom. The summed E-state index contributed by atoms with van der Waals surface area (Å²) in [6.07, 6.45) is 3.28. The highest BCUT2D eigenvalue weighted by Crippen LogP contribution is 2.10. The highest BCUT2D eigenvalue weighted by atomic mass is 15.3. The van der Waals surface area contributed by atoms with E-state index in [9.17, 15) is 0 Å². The lowest BCUT2D eigenvalue weighted by atomic mass is 10.1. The summed E-state index contributed by atoms with van der Waals surface area (Å²) < 4.78 is 1.82. The molecule has 1 aromatic carbocycles. The molecule has 1 aliphatic rings. The van der Waals surface area contributed by atoms with Crippen molar-refractivity contribution in [1.29, 1.82) is 0 Å². The van der Waals surface area contributed by atoms with Gasteiger partial charge >= 0.3 is 0 Å². The molecule has 6 heteroatoms. The van der Waals surface area contributed by atoms with E-state index in [0.29, 0.717) is 0 Å². The fraction of sp³-hybridized carbons (Fsp3) is 0.308. The van der Waals surface area contributed by atoms with E-state index >= 15 is 0 Å². The molecule has 0 aliphatic carbocycles. The number of hydrogen-bond donors (Lipinski definition) is 2. The topological polar surface area (TPSA) is 67.1 Å². The predicted molar refractivity (Wildman–Crippen MR) is 72.7 cm³/mol. The maximum absolute atomic E-state index is 4.32. The number of hydrogen-bond acceptors (Lipinski definition) is 5. The molecule has 0 fully saturated rings. The maximum Gasteiger partial charge on any atom is 0.191 e. The molecule has 3 rings (SSSR count). The smallest absolute Gasteiger partial charge is 0.191 e. The highest BCUT2D eigenvalue weighted by Gasteiger charge is 2.06. The summed E-state index contributed by atoms with van der Waals surface area (Å²) in [5.41, 5.74) is 2.48. The SMILES string of the molecule is c1ccc(Cn2cncn2)c(CNC2=NCCN2)c1. The Morgan fingerprint density at radius 2 is 2.16 bits per heavy atom. The van der Waals surface area contributed by atoms with Crippen LogP contribution in [0.4, 0.5) is 0 Å². The monoisotopic (exact) mass is 256 g/mol. The molecular weight excluding hydrogens is 240 g/mol. The second-order valence-electron chi connectivity index (χ2n) is 4.37. The summed E-state index contributed by atoms with van der Waals surface area (Å²) in [6.45, 7) is 3.26. The Balaban J connectivity index is 1.69. The normalized spacial score (nSPS) is 14.0. The van der Waals surface area contributed by atoms with E-state index in [1.807, 2.05) is 16.8 Å². The first-order valence-electron chi connectivity index (χ1n) is 6.33. The summed E-state index contributed by atoms with van der Waals surface area (Å²) in [5.74, 6) is 0.885. The average molecular weight is 256 g/mol. The lowest BCUT2D eigenvalue weighted by Crippen LogP contribution is -2.33. The molecule has 6 nitrogen and oxygen atoms in total. The lowest BCUT2D eigenvalue weighted by molar-refractivity contribution is 0.676. The molecule has 2 aromatic rings. The number of benzene rings is 1. The standard InChI is InChI=1S/C13H16N6/c1-2-4-12(8-19-10-14-9-18-19)11(3-1)7-17-13-15-5-6-16-13/h1-4,9-10H,5-8H2,(H2,15,16,17). The Bertz CT molecular complexity index is 560. The molecule has 98 valence electrons. The first-order valence-corrected chi connectivity index (χ1v) is 6.33. The molecule has 0 saturated carbocycles. The van der Waals surface area contributed by atoms with Crippen molar-refractivity contribution < 1.29 is 0 Å². The first-order chi connectivity index (χ1) is 9.42.